The number of aryl methyl sites for hydroxylation is 2. The standard InChI is InChI=1S/C12H15N3O2S2/c1-8-3-4-14-7-11(8)15-19(16,17)12-5-10(6-13)18-9(12)2/h3-5,7,15H,6,13H2,1-2H3. The van der Waals surface area contributed by atoms with Gasteiger partial charge >= 0.3 is 0 Å². The average Bonchev–Trinajstić information content (AvgIpc) is 2.74. The number of hydrogen-bond acceptors (Lipinski definition) is 5. The van der Waals surface area contributed by atoms with Crippen LogP contribution in [0.4, 0.5) is 5.69 Å². The first-order valence-electron chi connectivity index (χ1n) is 5.67. The Morgan fingerprint density at radius 1 is 1.42 bits per heavy atom. The third-order valence-corrected chi connectivity index (χ3v) is 5.39. The fraction of sp³-hybridized carbons (Fsp3) is 0.250. The lowest BCUT2D eigenvalue weighted by Gasteiger charge is -2.09. The predicted molar refractivity (Wildman–Crippen MR) is 76.7 cm³/mol. The van der Waals surface area contributed by atoms with Crippen LogP contribution in [0.5, 0.6) is 0 Å². The van der Waals surface area contributed by atoms with Gasteiger partial charge in [0.05, 0.1) is 11.9 Å². The normalized spacial score (nSPS) is 11.5. The van der Waals surface area contributed by atoms with E-state index in [0.29, 0.717) is 12.2 Å². The number of nitrogens with two attached hydrogens (primary N) is 1. The van der Waals surface area contributed by atoms with Crippen LogP contribution in [0.2, 0.25) is 0 Å². The van der Waals surface area contributed by atoms with Crippen molar-refractivity contribution in [2.24, 2.45) is 5.73 Å². The summed E-state index contributed by atoms with van der Waals surface area (Å²) >= 11 is 1.40. The highest BCUT2D eigenvalue weighted by atomic mass is 32.2. The van der Waals surface area contributed by atoms with Crippen molar-refractivity contribution in [2.75, 3.05) is 4.72 Å². The lowest BCUT2D eigenvalue weighted by molar-refractivity contribution is 0.601. The molecule has 2 heterocycles. The molecule has 0 aliphatic carbocycles. The molecule has 3 N–H and O–H groups in total. The van der Waals surface area contributed by atoms with Gasteiger partial charge in [-0.25, -0.2) is 8.42 Å². The van der Waals surface area contributed by atoms with Gasteiger partial charge in [0.2, 0.25) is 0 Å². The van der Waals surface area contributed by atoms with E-state index in [1.807, 2.05) is 6.92 Å². The largest absolute Gasteiger partial charge is 0.326 e. The lowest BCUT2D eigenvalue weighted by Crippen LogP contribution is -2.14. The monoisotopic (exact) mass is 297 g/mol. The third kappa shape index (κ3) is 2.94. The lowest BCUT2D eigenvalue weighted by atomic mass is 10.3. The summed E-state index contributed by atoms with van der Waals surface area (Å²) in [6.45, 7) is 3.94. The summed E-state index contributed by atoms with van der Waals surface area (Å²) < 4.78 is 27.2. The molecule has 19 heavy (non-hydrogen) atoms. The maximum absolute atomic E-state index is 12.3. The molecular formula is C12H15N3O2S2. The molecular weight excluding hydrogens is 282 g/mol. The maximum atomic E-state index is 12.3. The molecule has 0 amide bonds. The van der Waals surface area contributed by atoms with E-state index in [4.69, 9.17) is 5.73 Å². The van der Waals surface area contributed by atoms with Gasteiger partial charge in [0.25, 0.3) is 10.0 Å². The van der Waals surface area contributed by atoms with E-state index in [1.165, 1.54) is 17.5 Å². The van der Waals surface area contributed by atoms with Crippen molar-refractivity contribution in [3.8, 4) is 0 Å². The van der Waals surface area contributed by atoms with Gasteiger partial charge in [-0.1, -0.05) is 0 Å². The zero-order chi connectivity index (χ0) is 14.0. The number of rotatable bonds is 4. The first-order valence-corrected chi connectivity index (χ1v) is 7.97. The fourth-order valence-corrected chi connectivity index (χ4v) is 4.29. The highest BCUT2D eigenvalue weighted by Crippen LogP contribution is 2.27. The van der Waals surface area contributed by atoms with Gasteiger partial charge in [-0.15, -0.1) is 11.3 Å². The van der Waals surface area contributed by atoms with Crippen LogP contribution >= 0.6 is 11.3 Å². The van der Waals surface area contributed by atoms with Gasteiger partial charge in [0, 0.05) is 22.5 Å². The number of anilines is 1. The Morgan fingerprint density at radius 2 is 2.16 bits per heavy atom. The van der Waals surface area contributed by atoms with E-state index < -0.39 is 10.0 Å². The van der Waals surface area contributed by atoms with Crippen molar-refractivity contribution < 1.29 is 8.42 Å². The molecule has 102 valence electrons. The Kier molecular flexibility index (Phi) is 3.88. The molecule has 2 rings (SSSR count). The summed E-state index contributed by atoms with van der Waals surface area (Å²) in [7, 11) is -3.59. The molecule has 0 spiro atoms. The second kappa shape index (κ2) is 5.28. The minimum absolute atomic E-state index is 0.279. The van der Waals surface area contributed by atoms with E-state index in [9.17, 15) is 8.42 Å². The molecule has 0 saturated heterocycles. The number of nitrogens with one attached hydrogen (secondary N) is 1. The van der Waals surface area contributed by atoms with E-state index in [-0.39, 0.29) is 4.90 Å². The van der Waals surface area contributed by atoms with Gasteiger partial charge in [0.1, 0.15) is 4.90 Å². The smallest absolute Gasteiger partial charge is 0.263 e. The van der Waals surface area contributed by atoms with Gasteiger partial charge < -0.3 is 5.73 Å². The number of pyridine rings is 1. The molecule has 0 fully saturated rings. The Labute approximate surface area is 116 Å². The van der Waals surface area contributed by atoms with Crippen molar-refractivity contribution in [2.45, 2.75) is 25.3 Å². The van der Waals surface area contributed by atoms with Crippen LogP contribution < -0.4 is 10.5 Å². The quantitative estimate of drug-likeness (QED) is 0.904. The van der Waals surface area contributed by atoms with Gasteiger partial charge in [0.15, 0.2) is 0 Å². The van der Waals surface area contributed by atoms with Gasteiger partial charge in [-0.2, -0.15) is 0 Å². The second-order valence-electron chi connectivity index (χ2n) is 4.13. The minimum atomic E-state index is -3.59. The molecule has 0 aliphatic heterocycles. The van der Waals surface area contributed by atoms with Crippen LogP contribution in [0.1, 0.15) is 15.3 Å². The van der Waals surface area contributed by atoms with E-state index in [0.717, 1.165) is 15.3 Å². The molecule has 0 aromatic carbocycles. The van der Waals surface area contributed by atoms with E-state index >= 15 is 0 Å². The minimum Gasteiger partial charge on any atom is -0.326 e. The number of aromatic nitrogens is 1. The number of nitrogens with zero attached hydrogens (tertiary/aromatic N) is 1. The highest BCUT2D eigenvalue weighted by molar-refractivity contribution is 7.93. The molecule has 0 atom stereocenters. The average molecular weight is 297 g/mol. The third-order valence-electron chi connectivity index (χ3n) is 2.70. The predicted octanol–water partition coefficient (Wildman–Crippen LogP) is 2.02. The Hall–Kier alpha value is -1.44. The van der Waals surface area contributed by atoms with Crippen LogP contribution in [0.15, 0.2) is 29.4 Å². The first-order chi connectivity index (χ1) is 8.94. The van der Waals surface area contributed by atoms with Crippen LogP contribution in [-0.4, -0.2) is 13.4 Å². The molecule has 5 nitrogen and oxygen atoms in total. The molecule has 2 aromatic rings. The topological polar surface area (TPSA) is 85.1 Å². The van der Waals surface area contributed by atoms with Gasteiger partial charge in [-0.3, -0.25) is 9.71 Å². The van der Waals surface area contributed by atoms with Gasteiger partial charge in [-0.05, 0) is 31.5 Å². The summed E-state index contributed by atoms with van der Waals surface area (Å²) in [6, 6.07) is 3.37. The summed E-state index contributed by atoms with van der Waals surface area (Å²) in [6.07, 6.45) is 3.12. The number of thiophene rings is 1. The van der Waals surface area contributed by atoms with E-state index in [1.54, 1.807) is 25.3 Å². The van der Waals surface area contributed by atoms with E-state index in [2.05, 4.69) is 9.71 Å². The fourth-order valence-electron chi connectivity index (χ4n) is 1.66. The highest BCUT2D eigenvalue weighted by Gasteiger charge is 2.20. The Balaban J connectivity index is 2.38. The number of sulfonamides is 1. The number of hydrogen-bond donors (Lipinski definition) is 2. The maximum Gasteiger partial charge on any atom is 0.263 e. The van der Waals surface area contributed by atoms with Crippen LogP contribution in [-0.2, 0) is 16.6 Å². The zero-order valence-corrected chi connectivity index (χ0v) is 12.3. The van der Waals surface area contributed by atoms with Crippen molar-refractivity contribution >= 4 is 27.0 Å². The van der Waals surface area contributed by atoms with Crippen LogP contribution in [0, 0.1) is 13.8 Å². The van der Waals surface area contributed by atoms with Crippen molar-refractivity contribution in [1.29, 1.82) is 0 Å². The second-order valence-corrected chi connectivity index (χ2v) is 7.13. The summed E-state index contributed by atoms with van der Waals surface area (Å²) in [4.78, 5) is 5.78. The summed E-state index contributed by atoms with van der Waals surface area (Å²) in [5.74, 6) is 0. The molecule has 0 aliphatic rings. The molecule has 0 radical (unpaired) electrons. The molecule has 7 heteroatoms. The van der Waals surface area contributed by atoms with Crippen molar-refractivity contribution in [3.05, 3.63) is 39.8 Å². The molecule has 2 aromatic heterocycles. The van der Waals surface area contributed by atoms with Crippen LogP contribution in [0.3, 0.4) is 0 Å². The van der Waals surface area contributed by atoms with Crippen LogP contribution in [0.25, 0.3) is 0 Å². The SMILES string of the molecule is Cc1ccncc1NS(=O)(=O)c1cc(CN)sc1C. The summed E-state index contributed by atoms with van der Waals surface area (Å²) in [5.41, 5.74) is 6.85. The molecule has 0 bridgehead atoms. The zero-order valence-electron chi connectivity index (χ0n) is 10.7. The molecule has 0 unspecified atom stereocenters. The molecule has 0 saturated carbocycles. The summed E-state index contributed by atoms with van der Waals surface area (Å²) in [5, 5.41) is 0. The Bertz CT molecular complexity index is 693. The first kappa shape index (κ1) is 14.0. The van der Waals surface area contributed by atoms with Crippen molar-refractivity contribution in [3.63, 3.8) is 0 Å². The van der Waals surface area contributed by atoms with Crippen molar-refractivity contribution in [1.82, 2.24) is 4.98 Å². The Morgan fingerprint density at radius 3 is 2.74 bits per heavy atom.